The molecule has 0 heterocycles. The van der Waals surface area contributed by atoms with Crippen LogP contribution in [0, 0.1) is 22.7 Å². The Balaban J connectivity index is 2.89. The van der Waals surface area contributed by atoms with Crippen molar-refractivity contribution in [3.05, 3.63) is 29.3 Å². The number of nitrogens with zero attached hydrogens (tertiary/aromatic N) is 2. The molecule has 0 atom stereocenters. The van der Waals surface area contributed by atoms with Crippen molar-refractivity contribution in [1.82, 2.24) is 0 Å². The van der Waals surface area contributed by atoms with Gasteiger partial charge in [-0.05, 0) is 12.1 Å². The highest BCUT2D eigenvalue weighted by Crippen LogP contribution is 2.19. The molecule has 20 heavy (non-hydrogen) atoms. The van der Waals surface area contributed by atoms with Gasteiger partial charge in [0.25, 0.3) is 0 Å². The molecule has 0 aromatic heterocycles. The van der Waals surface area contributed by atoms with E-state index < -0.39 is 9.84 Å². The molecule has 0 spiro atoms. The molecule has 1 aromatic rings. The number of rotatable bonds is 7. The van der Waals surface area contributed by atoms with Gasteiger partial charge in [0.2, 0.25) is 0 Å². The standard InChI is InChI=1S/C13H14N2O4S/c1-18-5-6-19-7-8-20(16,17)13-4-2-3-11(9-14)12(13)10-15/h2-4H,5-8H2,1H3. The predicted octanol–water partition coefficient (Wildman–Crippen LogP) is 0.867. The molecule has 7 heteroatoms. The lowest BCUT2D eigenvalue weighted by Gasteiger charge is -2.08. The van der Waals surface area contributed by atoms with Gasteiger partial charge >= 0.3 is 0 Å². The minimum absolute atomic E-state index is 0.00728. The lowest BCUT2D eigenvalue weighted by molar-refractivity contribution is 0.0785. The van der Waals surface area contributed by atoms with Crippen molar-refractivity contribution in [2.45, 2.75) is 4.90 Å². The summed E-state index contributed by atoms with van der Waals surface area (Å²) in [7, 11) is -2.14. The molecule has 0 amide bonds. The fourth-order valence-corrected chi connectivity index (χ4v) is 2.83. The summed E-state index contributed by atoms with van der Waals surface area (Å²) in [4.78, 5) is -0.130. The minimum Gasteiger partial charge on any atom is -0.382 e. The van der Waals surface area contributed by atoms with Crippen LogP contribution in [0.2, 0.25) is 0 Å². The summed E-state index contributed by atoms with van der Waals surface area (Å²) in [5.74, 6) is -0.250. The van der Waals surface area contributed by atoms with Crippen LogP contribution in [0.4, 0.5) is 0 Å². The summed E-state index contributed by atoms with van der Waals surface area (Å²) >= 11 is 0. The summed E-state index contributed by atoms with van der Waals surface area (Å²) in [5, 5.41) is 17.9. The van der Waals surface area contributed by atoms with Crippen LogP contribution in [-0.2, 0) is 19.3 Å². The van der Waals surface area contributed by atoms with E-state index in [0.717, 1.165) is 0 Å². The van der Waals surface area contributed by atoms with Crippen molar-refractivity contribution in [2.75, 3.05) is 32.7 Å². The van der Waals surface area contributed by atoms with Crippen molar-refractivity contribution in [3.8, 4) is 12.1 Å². The largest absolute Gasteiger partial charge is 0.382 e. The van der Waals surface area contributed by atoms with Gasteiger partial charge in [-0.3, -0.25) is 0 Å². The smallest absolute Gasteiger partial charge is 0.181 e. The van der Waals surface area contributed by atoms with Crippen molar-refractivity contribution < 1.29 is 17.9 Å². The molecule has 1 rings (SSSR count). The minimum atomic E-state index is -3.66. The van der Waals surface area contributed by atoms with E-state index in [1.54, 1.807) is 6.07 Å². The monoisotopic (exact) mass is 294 g/mol. The average Bonchev–Trinajstić information content (AvgIpc) is 2.45. The Morgan fingerprint density at radius 1 is 1.15 bits per heavy atom. The van der Waals surface area contributed by atoms with E-state index in [-0.39, 0.29) is 28.4 Å². The Labute approximate surface area is 118 Å². The summed E-state index contributed by atoms with van der Waals surface area (Å²) < 4.78 is 34.2. The van der Waals surface area contributed by atoms with Crippen LogP contribution in [0.15, 0.2) is 23.1 Å². The first-order valence-electron chi connectivity index (χ1n) is 5.79. The van der Waals surface area contributed by atoms with Crippen LogP contribution in [0.3, 0.4) is 0 Å². The maximum atomic E-state index is 12.1. The first kappa shape index (κ1) is 16.1. The second-order valence-corrected chi connectivity index (χ2v) is 5.90. The highest BCUT2D eigenvalue weighted by molar-refractivity contribution is 7.91. The molecule has 0 bridgehead atoms. The van der Waals surface area contributed by atoms with Crippen LogP contribution >= 0.6 is 0 Å². The Kier molecular flexibility index (Phi) is 6.13. The maximum Gasteiger partial charge on any atom is 0.181 e. The predicted molar refractivity (Wildman–Crippen MR) is 70.6 cm³/mol. The molecule has 0 radical (unpaired) electrons. The summed E-state index contributed by atoms with van der Waals surface area (Å²) in [5.41, 5.74) is -0.0687. The second-order valence-electron chi connectivity index (χ2n) is 3.83. The molecule has 106 valence electrons. The zero-order chi connectivity index (χ0) is 15.0. The molecule has 6 nitrogen and oxygen atoms in total. The van der Waals surface area contributed by atoms with E-state index in [1.807, 2.05) is 6.07 Å². The number of hydrogen-bond acceptors (Lipinski definition) is 6. The molecule has 0 unspecified atom stereocenters. The highest BCUT2D eigenvalue weighted by Gasteiger charge is 2.20. The quantitative estimate of drug-likeness (QED) is 0.692. The van der Waals surface area contributed by atoms with E-state index >= 15 is 0 Å². The summed E-state index contributed by atoms with van der Waals surface area (Å²) in [6.45, 7) is 0.691. The fraction of sp³-hybridized carbons (Fsp3) is 0.385. The molecule has 0 aliphatic rings. The van der Waals surface area contributed by atoms with Crippen LogP contribution in [0.25, 0.3) is 0 Å². The number of methoxy groups -OCH3 is 1. The van der Waals surface area contributed by atoms with Crippen molar-refractivity contribution in [1.29, 1.82) is 10.5 Å². The molecule has 0 fully saturated rings. The van der Waals surface area contributed by atoms with Crippen LogP contribution in [-0.4, -0.2) is 41.1 Å². The van der Waals surface area contributed by atoms with E-state index in [2.05, 4.69) is 0 Å². The van der Waals surface area contributed by atoms with Crippen molar-refractivity contribution in [2.24, 2.45) is 0 Å². The lowest BCUT2D eigenvalue weighted by Crippen LogP contribution is -2.15. The van der Waals surface area contributed by atoms with Gasteiger partial charge in [0, 0.05) is 7.11 Å². The molecule has 0 aliphatic carbocycles. The summed E-state index contributed by atoms with van der Waals surface area (Å²) in [6.07, 6.45) is 0. The van der Waals surface area contributed by atoms with Gasteiger partial charge in [-0.25, -0.2) is 8.42 Å². The van der Waals surface area contributed by atoms with E-state index in [0.29, 0.717) is 13.2 Å². The Morgan fingerprint density at radius 3 is 2.50 bits per heavy atom. The van der Waals surface area contributed by atoms with E-state index in [1.165, 1.54) is 25.3 Å². The van der Waals surface area contributed by atoms with Gasteiger partial charge in [-0.1, -0.05) is 6.07 Å². The van der Waals surface area contributed by atoms with Gasteiger partial charge in [-0.2, -0.15) is 10.5 Å². The lowest BCUT2D eigenvalue weighted by atomic mass is 10.1. The molecule has 0 aliphatic heterocycles. The number of nitriles is 2. The Bertz CT molecular complexity index is 641. The first-order valence-corrected chi connectivity index (χ1v) is 7.44. The third-order valence-electron chi connectivity index (χ3n) is 2.52. The molecule has 0 saturated heterocycles. The number of sulfone groups is 1. The first-order chi connectivity index (χ1) is 9.56. The summed E-state index contributed by atoms with van der Waals surface area (Å²) in [6, 6.07) is 7.75. The maximum absolute atomic E-state index is 12.1. The molecule has 1 aromatic carbocycles. The highest BCUT2D eigenvalue weighted by atomic mass is 32.2. The zero-order valence-corrected chi connectivity index (χ0v) is 11.8. The number of ether oxygens (including phenoxy) is 2. The number of benzene rings is 1. The van der Waals surface area contributed by atoms with Crippen LogP contribution < -0.4 is 0 Å². The molecule has 0 saturated carbocycles. The SMILES string of the molecule is COCCOCCS(=O)(=O)c1cccc(C#N)c1C#N. The normalized spacial score (nSPS) is 10.8. The van der Waals surface area contributed by atoms with Gasteiger partial charge < -0.3 is 9.47 Å². The second kappa shape index (κ2) is 7.61. The topological polar surface area (TPSA) is 100 Å². The van der Waals surface area contributed by atoms with E-state index in [4.69, 9.17) is 20.0 Å². The molecule has 0 N–H and O–H groups in total. The average molecular weight is 294 g/mol. The zero-order valence-electron chi connectivity index (χ0n) is 11.0. The van der Waals surface area contributed by atoms with Gasteiger partial charge in [-0.15, -0.1) is 0 Å². The van der Waals surface area contributed by atoms with Crippen molar-refractivity contribution in [3.63, 3.8) is 0 Å². The van der Waals surface area contributed by atoms with E-state index in [9.17, 15) is 8.42 Å². The van der Waals surface area contributed by atoms with Gasteiger partial charge in [0.15, 0.2) is 9.84 Å². The van der Waals surface area contributed by atoms with Crippen LogP contribution in [0.1, 0.15) is 11.1 Å². The van der Waals surface area contributed by atoms with Crippen molar-refractivity contribution >= 4 is 9.84 Å². The van der Waals surface area contributed by atoms with Gasteiger partial charge in [0.05, 0.1) is 41.6 Å². The Hall–Kier alpha value is -1.93. The Morgan fingerprint density at radius 2 is 1.90 bits per heavy atom. The molecular formula is C13H14N2O4S. The molecular weight excluding hydrogens is 280 g/mol. The third kappa shape index (κ3) is 4.04. The third-order valence-corrected chi connectivity index (χ3v) is 4.24. The van der Waals surface area contributed by atoms with Gasteiger partial charge in [0.1, 0.15) is 12.1 Å². The fourth-order valence-electron chi connectivity index (χ4n) is 1.52. The number of hydrogen-bond donors (Lipinski definition) is 0. The van der Waals surface area contributed by atoms with Crippen LogP contribution in [0.5, 0.6) is 0 Å².